The summed E-state index contributed by atoms with van der Waals surface area (Å²) in [5, 5.41) is 13.8. The smallest absolute Gasteiger partial charge is 0.337 e. The molecule has 0 aliphatic carbocycles. The van der Waals surface area contributed by atoms with Crippen LogP contribution in [0.3, 0.4) is 0 Å². The summed E-state index contributed by atoms with van der Waals surface area (Å²) in [6.07, 6.45) is 0.760. The lowest BCUT2D eigenvalue weighted by atomic mass is 10.1. The molecule has 0 radical (unpaired) electrons. The fourth-order valence-electron chi connectivity index (χ4n) is 3.60. The molecular formula is C23H24ClFN2O2. The van der Waals surface area contributed by atoms with Crippen molar-refractivity contribution in [1.82, 2.24) is 9.88 Å². The van der Waals surface area contributed by atoms with Crippen molar-refractivity contribution < 1.29 is 14.3 Å². The van der Waals surface area contributed by atoms with Gasteiger partial charge in [-0.15, -0.1) is 0 Å². The first kappa shape index (κ1) is 21.1. The van der Waals surface area contributed by atoms with Crippen LogP contribution < -0.4 is 5.32 Å². The second kappa shape index (κ2) is 9.25. The predicted octanol–water partition coefficient (Wildman–Crippen LogP) is 4.98. The number of carboxylic acid groups (broad SMARTS) is 1. The third kappa shape index (κ3) is 4.86. The quantitative estimate of drug-likeness (QED) is 0.511. The second-order valence-electron chi connectivity index (χ2n) is 7.06. The lowest BCUT2D eigenvalue weighted by molar-refractivity contribution is 0.0694. The maximum atomic E-state index is 13.2. The van der Waals surface area contributed by atoms with Crippen LogP contribution in [-0.2, 0) is 19.5 Å². The molecule has 0 aliphatic heterocycles. The number of aromatic nitrogens is 1. The SMILES string of the molecule is Cc1c(CNCCc2ccccc2Cl)c(C(=O)O)c(C)n1Cc1ccc(F)cc1. The van der Waals surface area contributed by atoms with Crippen molar-refractivity contribution in [2.75, 3.05) is 6.54 Å². The summed E-state index contributed by atoms with van der Waals surface area (Å²) in [6, 6.07) is 14.0. The van der Waals surface area contributed by atoms with E-state index in [-0.39, 0.29) is 5.82 Å². The maximum absolute atomic E-state index is 13.2. The third-order valence-corrected chi connectivity index (χ3v) is 5.58. The predicted molar refractivity (Wildman–Crippen MR) is 113 cm³/mol. The molecular weight excluding hydrogens is 391 g/mol. The first-order chi connectivity index (χ1) is 13.9. The van der Waals surface area contributed by atoms with Gasteiger partial charge in [-0.1, -0.05) is 41.9 Å². The van der Waals surface area contributed by atoms with Crippen molar-refractivity contribution in [1.29, 1.82) is 0 Å². The van der Waals surface area contributed by atoms with Crippen LogP contribution in [-0.4, -0.2) is 22.2 Å². The van der Waals surface area contributed by atoms with Gasteiger partial charge < -0.3 is 15.0 Å². The molecule has 0 unspecified atom stereocenters. The number of aromatic carboxylic acids is 1. The first-order valence-corrected chi connectivity index (χ1v) is 9.86. The molecule has 0 aliphatic rings. The van der Waals surface area contributed by atoms with Crippen LogP contribution in [0.1, 0.15) is 38.4 Å². The number of carboxylic acids is 1. The van der Waals surface area contributed by atoms with Gasteiger partial charge in [0.2, 0.25) is 0 Å². The molecule has 0 bridgehead atoms. The Hall–Kier alpha value is -2.63. The summed E-state index contributed by atoms with van der Waals surface area (Å²) in [6.45, 7) is 5.37. The van der Waals surface area contributed by atoms with Gasteiger partial charge in [0.1, 0.15) is 5.82 Å². The molecule has 0 amide bonds. The summed E-state index contributed by atoms with van der Waals surface area (Å²) in [7, 11) is 0. The molecule has 3 rings (SSSR count). The van der Waals surface area contributed by atoms with Gasteiger partial charge in [0.15, 0.2) is 0 Å². The average Bonchev–Trinajstić information content (AvgIpc) is 2.92. The maximum Gasteiger partial charge on any atom is 0.337 e. The van der Waals surface area contributed by atoms with E-state index >= 15 is 0 Å². The van der Waals surface area contributed by atoms with Crippen molar-refractivity contribution in [2.45, 2.75) is 33.4 Å². The van der Waals surface area contributed by atoms with E-state index < -0.39 is 5.97 Å². The molecule has 0 atom stereocenters. The zero-order valence-electron chi connectivity index (χ0n) is 16.5. The highest BCUT2D eigenvalue weighted by Gasteiger charge is 2.22. The molecule has 0 spiro atoms. The number of rotatable bonds is 8. The Bertz CT molecular complexity index is 1010. The van der Waals surface area contributed by atoms with Gasteiger partial charge in [-0.3, -0.25) is 0 Å². The molecule has 1 aromatic heterocycles. The van der Waals surface area contributed by atoms with Crippen LogP contribution in [0.4, 0.5) is 4.39 Å². The highest BCUT2D eigenvalue weighted by molar-refractivity contribution is 6.31. The third-order valence-electron chi connectivity index (χ3n) is 5.21. The van der Waals surface area contributed by atoms with Gasteiger partial charge in [-0.25, -0.2) is 9.18 Å². The van der Waals surface area contributed by atoms with E-state index in [0.717, 1.165) is 33.8 Å². The van der Waals surface area contributed by atoms with Crippen molar-refractivity contribution in [2.24, 2.45) is 0 Å². The monoisotopic (exact) mass is 414 g/mol. The Kier molecular flexibility index (Phi) is 6.72. The van der Waals surface area contributed by atoms with Crippen molar-refractivity contribution in [3.05, 3.63) is 93.0 Å². The molecule has 29 heavy (non-hydrogen) atoms. The zero-order chi connectivity index (χ0) is 21.0. The minimum Gasteiger partial charge on any atom is -0.478 e. The van der Waals surface area contributed by atoms with E-state index in [0.29, 0.717) is 30.9 Å². The van der Waals surface area contributed by atoms with Crippen LogP contribution in [0.2, 0.25) is 5.02 Å². The molecule has 6 heteroatoms. The Morgan fingerprint density at radius 2 is 1.79 bits per heavy atom. The average molecular weight is 415 g/mol. The fraction of sp³-hybridized carbons (Fsp3) is 0.261. The Morgan fingerprint density at radius 3 is 2.45 bits per heavy atom. The van der Waals surface area contributed by atoms with E-state index in [9.17, 15) is 14.3 Å². The van der Waals surface area contributed by atoms with Gasteiger partial charge in [0.05, 0.1) is 5.56 Å². The first-order valence-electron chi connectivity index (χ1n) is 9.49. The Labute approximate surface area is 174 Å². The van der Waals surface area contributed by atoms with Crippen LogP contribution in [0.25, 0.3) is 0 Å². The molecule has 3 aromatic rings. The molecule has 0 saturated heterocycles. The van der Waals surface area contributed by atoms with Crippen LogP contribution in [0.15, 0.2) is 48.5 Å². The summed E-state index contributed by atoms with van der Waals surface area (Å²) in [4.78, 5) is 11.9. The summed E-state index contributed by atoms with van der Waals surface area (Å²) in [5.74, 6) is -1.23. The van der Waals surface area contributed by atoms with Gasteiger partial charge in [-0.2, -0.15) is 0 Å². The normalized spacial score (nSPS) is 11.0. The number of benzene rings is 2. The second-order valence-corrected chi connectivity index (χ2v) is 7.47. The summed E-state index contributed by atoms with van der Waals surface area (Å²) < 4.78 is 15.2. The van der Waals surface area contributed by atoms with Gasteiger partial charge in [0, 0.05) is 35.1 Å². The lowest BCUT2D eigenvalue weighted by Gasteiger charge is -2.10. The summed E-state index contributed by atoms with van der Waals surface area (Å²) in [5.41, 5.74) is 4.67. The van der Waals surface area contributed by atoms with Gasteiger partial charge in [-0.05, 0) is 56.1 Å². The Morgan fingerprint density at radius 1 is 1.10 bits per heavy atom. The Balaban J connectivity index is 1.76. The van der Waals surface area contributed by atoms with E-state index in [2.05, 4.69) is 5.32 Å². The molecule has 0 saturated carbocycles. The number of carbonyl (C=O) groups is 1. The molecule has 2 aromatic carbocycles. The number of halogens is 2. The van der Waals surface area contributed by atoms with Crippen molar-refractivity contribution in [3.63, 3.8) is 0 Å². The lowest BCUT2D eigenvalue weighted by Crippen LogP contribution is -2.19. The highest BCUT2D eigenvalue weighted by atomic mass is 35.5. The fourth-order valence-corrected chi connectivity index (χ4v) is 3.83. The molecule has 152 valence electrons. The highest BCUT2D eigenvalue weighted by Crippen LogP contribution is 2.24. The van der Waals surface area contributed by atoms with Crippen molar-refractivity contribution >= 4 is 17.6 Å². The minimum atomic E-state index is -0.939. The van der Waals surface area contributed by atoms with Crippen molar-refractivity contribution in [3.8, 4) is 0 Å². The standard InChI is InChI=1S/C23H24ClFN2O2/c1-15-20(13-26-12-11-18-5-3-4-6-21(18)24)22(23(28)29)16(2)27(15)14-17-7-9-19(25)10-8-17/h3-10,26H,11-14H2,1-2H3,(H,28,29). The van der Waals surface area contributed by atoms with Crippen LogP contribution in [0, 0.1) is 19.7 Å². The van der Waals surface area contributed by atoms with Crippen LogP contribution >= 0.6 is 11.6 Å². The minimum absolute atomic E-state index is 0.288. The topological polar surface area (TPSA) is 54.3 Å². The van der Waals surface area contributed by atoms with E-state index in [4.69, 9.17) is 11.6 Å². The number of nitrogens with one attached hydrogen (secondary N) is 1. The number of hydrogen-bond donors (Lipinski definition) is 2. The van der Waals surface area contributed by atoms with E-state index in [1.165, 1.54) is 12.1 Å². The number of nitrogens with zero attached hydrogens (tertiary/aromatic N) is 1. The van der Waals surface area contributed by atoms with Crippen LogP contribution in [0.5, 0.6) is 0 Å². The van der Waals surface area contributed by atoms with E-state index in [1.807, 2.05) is 42.7 Å². The van der Waals surface area contributed by atoms with Gasteiger partial charge in [0.25, 0.3) is 0 Å². The summed E-state index contributed by atoms with van der Waals surface area (Å²) >= 11 is 6.19. The molecule has 0 fully saturated rings. The molecule has 2 N–H and O–H groups in total. The van der Waals surface area contributed by atoms with Gasteiger partial charge >= 0.3 is 5.97 Å². The number of hydrogen-bond acceptors (Lipinski definition) is 2. The largest absolute Gasteiger partial charge is 0.478 e. The van der Waals surface area contributed by atoms with E-state index in [1.54, 1.807) is 12.1 Å². The zero-order valence-corrected chi connectivity index (χ0v) is 17.3. The molecule has 1 heterocycles. The molecule has 4 nitrogen and oxygen atoms in total.